The van der Waals surface area contributed by atoms with Crippen molar-refractivity contribution in [3.63, 3.8) is 0 Å². The summed E-state index contributed by atoms with van der Waals surface area (Å²) in [6.45, 7) is 7.47. The van der Waals surface area contributed by atoms with E-state index in [1.807, 2.05) is 20.8 Å². The molecule has 13 heavy (non-hydrogen) atoms. The van der Waals surface area contributed by atoms with Crippen LogP contribution in [-0.2, 0) is 14.3 Å². The van der Waals surface area contributed by atoms with E-state index in [0.29, 0.717) is 13.2 Å². The number of nitrogens with one attached hydrogen (secondary N) is 1. The summed E-state index contributed by atoms with van der Waals surface area (Å²) in [4.78, 5) is 11.4. The van der Waals surface area contributed by atoms with Crippen molar-refractivity contribution in [3.8, 4) is 0 Å². The molecular weight excluding hydrogens is 170 g/mol. The highest BCUT2D eigenvalue weighted by atomic mass is 16.6. The van der Waals surface area contributed by atoms with Gasteiger partial charge in [0.25, 0.3) is 0 Å². The summed E-state index contributed by atoms with van der Waals surface area (Å²) in [7, 11) is 0. The van der Waals surface area contributed by atoms with Crippen LogP contribution in [0.4, 0.5) is 0 Å². The Hall–Kier alpha value is -0.610. The van der Waals surface area contributed by atoms with E-state index in [4.69, 9.17) is 9.47 Å². The van der Waals surface area contributed by atoms with Gasteiger partial charge in [0.2, 0.25) is 0 Å². The normalized spacial score (nSPS) is 24.1. The summed E-state index contributed by atoms with van der Waals surface area (Å²) in [5.74, 6) is -0.278. The van der Waals surface area contributed by atoms with Crippen molar-refractivity contribution in [1.82, 2.24) is 5.32 Å². The molecule has 1 aliphatic heterocycles. The van der Waals surface area contributed by atoms with Crippen molar-refractivity contribution in [2.45, 2.75) is 32.5 Å². The molecule has 0 saturated carbocycles. The Morgan fingerprint density at radius 1 is 1.54 bits per heavy atom. The first-order valence-electron chi connectivity index (χ1n) is 4.54. The van der Waals surface area contributed by atoms with E-state index in [1.54, 1.807) is 0 Å². The van der Waals surface area contributed by atoms with Gasteiger partial charge in [0.1, 0.15) is 5.60 Å². The summed E-state index contributed by atoms with van der Waals surface area (Å²) in [6, 6.07) is 0. The zero-order chi connectivity index (χ0) is 9.90. The molecule has 76 valence electrons. The van der Waals surface area contributed by atoms with E-state index >= 15 is 0 Å². The van der Waals surface area contributed by atoms with Crippen LogP contribution >= 0.6 is 0 Å². The Morgan fingerprint density at radius 3 is 2.69 bits per heavy atom. The first-order valence-corrected chi connectivity index (χ1v) is 4.54. The number of ether oxygens (including phenoxy) is 2. The molecule has 0 radical (unpaired) electrons. The van der Waals surface area contributed by atoms with Gasteiger partial charge in [0.15, 0.2) is 6.10 Å². The number of esters is 1. The van der Waals surface area contributed by atoms with Crippen molar-refractivity contribution >= 4 is 5.97 Å². The molecule has 0 amide bonds. The Balaban J connectivity index is 2.38. The first kappa shape index (κ1) is 10.5. The number of morpholine rings is 1. The van der Waals surface area contributed by atoms with Crippen LogP contribution in [0.15, 0.2) is 0 Å². The van der Waals surface area contributed by atoms with Gasteiger partial charge in [-0.2, -0.15) is 0 Å². The molecule has 0 unspecified atom stereocenters. The second-order valence-electron chi connectivity index (χ2n) is 4.10. The van der Waals surface area contributed by atoms with Crippen LogP contribution in [0.2, 0.25) is 0 Å². The van der Waals surface area contributed by atoms with Crippen LogP contribution in [-0.4, -0.2) is 37.4 Å². The number of rotatable bonds is 1. The van der Waals surface area contributed by atoms with Crippen molar-refractivity contribution in [2.75, 3.05) is 19.7 Å². The van der Waals surface area contributed by atoms with E-state index < -0.39 is 11.7 Å². The van der Waals surface area contributed by atoms with Gasteiger partial charge in [-0.25, -0.2) is 4.79 Å². The number of hydrogen-bond donors (Lipinski definition) is 1. The first-order chi connectivity index (χ1) is 5.99. The molecule has 1 aliphatic rings. The minimum Gasteiger partial charge on any atom is -0.458 e. The number of carbonyl (C=O) groups excluding carboxylic acids is 1. The van der Waals surface area contributed by atoms with Crippen LogP contribution in [0.25, 0.3) is 0 Å². The lowest BCUT2D eigenvalue weighted by Crippen LogP contribution is -2.45. The van der Waals surface area contributed by atoms with E-state index in [1.165, 1.54) is 0 Å². The number of hydrogen-bond acceptors (Lipinski definition) is 4. The molecule has 1 saturated heterocycles. The smallest absolute Gasteiger partial charge is 0.337 e. The van der Waals surface area contributed by atoms with Gasteiger partial charge < -0.3 is 14.8 Å². The second-order valence-corrected chi connectivity index (χ2v) is 4.10. The zero-order valence-corrected chi connectivity index (χ0v) is 8.42. The van der Waals surface area contributed by atoms with Gasteiger partial charge >= 0.3 is 5.97 Å². The van der Waals surface area contributed by atoms with Crippen LogP contribution in [0.1, 0.15) is 20.8 Å². The minimum absolute atomic E-state index is 0.278. The second kappa shape index (κ2) is 4.07. The average molecular weight is 187 g/mol. The molecule has 1 rings (SSSR count). The highest BCUT2D eigenvalue weighted by Crippen LogP contribution is 2.10. The standard InChI is InChI=1S/C9H17NO3/c1-9(2,3)13-8(11)7-6-10-4-5-12-7/h7,10H,4-6H2,1-3H3/t7-/m1/s1. The zero-order valence-electron chi connectivity index (χ0n) is 8.42. The topological polar surface area (TPSA) is 47.6 Å². The number of carbonyl (C=O) groups is 1. The van der Waals surface area contributed by atoms with E-state index in [2.05, 4.69) is 5.32 Å². The monoisotopic (exact) mass is 187 g/mol. The van der Waals surface area contributed by atoms with Crippen molar-refractivity contribution in [2.24, 2.45) is 0 Å². The van der Waals surface area contributed by atoms with E-state index in [-0.39, 0.29) is 5.97 Å². The Morgan fingerprint density at radius 2 is 2.23 bits per heavy atom. The molecule has 1 heterocycles. The maximum Gasteiger partial charge on any atom is 0.337 e. The van der Waals surface area contributed by atoms with Crippen LogP contribution in [0.5, 0.6) is 0 Å². The maximum absolute atomic E-state index is 11.4. The fraction of sp³-hybridized carbons (Fsp3) is 0.889. The van der Waals surface area contributed by atoms with Crippen molar-refractivity contribution in [1.29, 1.82) is 0 Å². The lowest BCUT2D eigenvalue weighted by Gasteiger charge is -2.26. The molecule has 0 aliphatic carbocycles. The summed E-state index contributed by atoms with van der Waals surface area (Å²) >= 11 is 0. The van der Waals surface area contributed by atoms with Gasteiger partial charge in [-0.15, -0.1) is 0 Å². The largest absolute Gasteiger partial charge is 0.458 e. The van der Waals surface area contributed by atoms with Crippen LogP contribution in [0, 0.1) is 0 Å². The van der Waals surface area contributed by atoms with Gasteiger partial charge in [-0.3, -0.25) is 0 Å². The summed E-state index contributed by atoms with van der Waals surface area (Å²) in [5, 5.41) is 3.08. The van der Waals surface area contributed by atoms with Gasteiger partial charge in [0, 0.05) is 13.1 Å². The highest BCUT2D eigenvalue weighted by molar-refractivity contribution is 5.75. The van der Waals surface area contributed by atoms with Crippen LogP contribution in [0.3, 0.4) is 0 Å². The molecule has 0 aromatic carbocycles. The molecule has 1 atom stereocenters. The lowest BCUT2D eigenvalue weighted by molar-refractivity contribution is -0.169. The molecule has 0 spiro atoms. The Kier molecular flexibility index (Phi) is 3.27. The predicted molar refractivity (Wildman–Crippen MR) is 48.5 cm³/mol. The predicted octanol–water partition coefficient (Wildman–Crippen LogP) is 0.317. The lowest BCUT2D eigenvalue weighted by atomic mass is 10.2. The minimum atomic E-state index is -0.437. The third kappa shape index (κ3) is 3.74. The molecule has 4 nitrogen and oxygen atoms in total. The Labute approximate surface area is 78.6 Å². The van der Waals surface area contributed by atoms with Crippen molar-refractivity contribution < 1.29 is 14.3 Å². The molecule has 1 N–H and O–H groups in total. The van der Waals surface area contributed by atoms with E-state index in [0.717, 1.165) is 6.54 Å². The maximum atomic E-state index is 11.4. The van der Waals surface area contributed by atoms with Gasteiger partial charge in [-0.1, -0.05) is 0 Å². The molecular formula is C9H17NO3. The van der Waals surface area contributed by atoms with E-state index in [9.17, 15) is 4.79 Å². The SMILES string of the molecule is CC(C)(C)OC(=O)[C@H]1CNCCO1. The fourth-order valence-electron chi connectivity index (χ4n) is 1.08. The fourth-order valence-corrected chi connectivity index (χ4v) is 1.08. The summed E-state index contributed by atoms with van der Waals surface area (Å²) in [6.07, 6.45) is -0.437. The molecule has 1 fully saturated rings. The van der Waals surface area contributed by atoms with Gasteiger partial charge in [-0.05, 0) is 20.8 Å². The molecule has 0 aromatic heterocycles. The Bertz CT molecular complexity index is 180. The van der Waals surface area contributed by atoms with Crippen LogP contribution < -0.4 is 5.32 Å². The molecule has 4 heteroatoms. The molecule has 0 bridgehead atoms. The summed E-state index contributed by atoms with van der Waals surface area (Å²) < 4.78 is 10.4. The quantitative estimate of drug-likeness (QED) is 0.600. The summed E-state index contributed by atoms with van der Waals surface area (Å²) in [5.41, 5.74) is -0.433. The molecule has 0 aromatic rings. The third-order valence-electron chi connectivity index (χ3n) is 1.60. The third-order valence-corrected chi connectivity index (χ3v) is 1.60. The van der Waals surface area contributed by atoms with Crippen molar-refractivity contribution in [3.05, 3.63) is 0 Å². The van der Waals surface area contributed by atoms with Gasteiger partial charge in [0.05, 0.1) is 6.61 Å². The highest BCUT2D eigenvalue weighted by Gasteiger charge is 2.27. The average Bonchev–Trinajstić information content (AvgIpc) is 2.03.